The zero-order valence-corrected chi connectivity index (χ0v) is 11.3. The standard InChI is InChI=1S/C14H12FNO5/c1-19-12-8-14(13(20-2)7-11(12)16(17)18)21-10-5-3-9(15)4-6-10/h3-8H,1-2H3. The summed E-state index contributed by atoms with van der Waals surface area (Å²) in [4.78, 5) is 10.4. The molecule has 110 valence electrons. The van der Waals surface area contributed by atoms with Crippen LogP contribution < -0.4 is 14.2 Å². The molecule has 0 aliphatic rings. The van der Waals surface area contributed by atoms with Crippen LogP contribution in [0.2, 0.25) is 0 Å². The van der Waals surface area contributed by atoms with E-state index in [0.29, 0.717) is 5.75 Å². The van der Waals surface area contributed by atoms with Crippen molar-refractivity contribution in [3.8, 4) is 23.0 Å². The molecule has 0 aliphatic heterocycles. The molecule has 2 aromatic carbocycles. The Kier molecular flexibility index (Phi) is 4.22. The van der Waals surface area contributed by atoms with Gasteiger partial charge < -0.3 is 14.2 Å². The van der Waals surface area contributed by atoms with Gasteiger partial charge in [0.05, 0.1) is 25.2 Å². The monoisotopic (exact) mass is 293 g/mol. The Labute approximate surface area is 119 Å². The second kappa shape index (κ2) is 6.08. The summed E-state index contributed by atoms with van der Waals surface area (Å²) in [5.74, 6) is 0.414. The number of hydrogen-bond acceptors (Lipinski definition) is 5. The van der Waals surface area contributed by atoms with Crippen molar-refractivity contribution in [1.82, 2.24) is 0 Å². The molecule has 2 rings (SSSR count). The molecule has 6 nitrogen and oxygen atoms in total. The number of hydrogen-bond donors (Lipinski definition) is 0. The van der Waals surface area contributed by atoms with E-state index in [2.05, 4.69) is 0 Å². The third-order valence-corrected chi connectivity index (χ3v) is 2.70. The van der Waals surface area contributed by atoms with Gasteiger partial charge in [0.25, 0.3) is 0 Å². The largest absolute Gasteiger partial charge is 0.493 e. The molecule has 21 heavy (non-hydrogen) atoms. The van der Waals surface area contributed by atoms with E-state index in [1.54, 1.807) is 0 Å². The number of nitro groups is 1. The van der Waals surface area contributed by atoms with Crippen LogP contribution in [0.4, 0.5) is 10.1 Å². The molecule has 0 radical (unpaired) electrons. The van der Waals surface area contributed by atoms with Crippen LogP contribution in [-0.4, -0.2) is 19.1 Å². The normalized spacial score (nSPS) is 10.0. The second-order valence-electron chi connectivity index (χ2n) is 3.99. The van der Waals surface area contributed by atoms with Crippen molar-refractivity contribution >= 4 is 5.69 Å². The number of nitrogens with zero attached hydrogens (tertiary/aromatic N) is 1. The van der Waals surface area contributed by atoms with E-state index in [0.717, 1.165) is 0 Å². The molecule has 0 N–H and O–H groups in total. The van der Waals surface area contributed by atoms with E-state index in [1.807, 2.05) is 0 Å². The van der Waals surface area contributed by atoms with Crippen LogP contribution in [-0.2, 0) is 0 Å². The average Bonchev–Trinajstić information content (AvgIpc) is 2.48. The molecular weight excluding hydrogens is 281 g/mol. The number of rotatable bonds is 5. The molecule has 0 aliphatic carbocycles. The summed E-state index contributed by atoms with van der Waals surface area (Å²) in [6, 6.07) is 7.90. The first-order valence-electron chi connectivity index (χ1n) is 5.89. The van der Waals surface area contributed by atoms with E-state index in [9.17, 15) is 14.5 Å². The fourth-order valence-corrected chi connectivity index (χ4v) is 1.71. The van der Waals surface area contributed by atoms with Gasteiger partial charge in [0.1, 0.15) is 11.6 Å². The van der Waals surface area contributed by atoms with Crippen LogP contribution in [0, 0.1) is 15.9 Å². The van der Waals surface area contributed by atoms with E-state index in [1.165, 1.54) is 50.6 Å². The zero-order valence-electron chi connectivity index (χ0n) is 11.3. The molecular formula is C14H12FNO5. The van der Waals surface area contributed by atoms with Crippen molar-refractivity contribution in [2.75, 3.05) is 14.2 Å². The Hall–Kier alpha value is -2.83. The number of methoxy groups -OCH3 is 2. The van der Waals surface area contributed by atoms with Gasteiger partial charge in [-0.05, 0) is 24.3 Å². The van der Waals surface area contributed by atoms with E-state index in [4.69, 9.17) is 14.2 Å². The molecule has 0 aromatic heterocycles. The van der Waals surface area contributed by atoms with Crippen LogP contribution in [0.5, 0.6) is 23.0 Å². The lowest BCUT2D eigenvalue weighted by Gasteiger charge is -2.12. The summed E-state index contributed by atoms with van der Waals surface area (Å²) in [6.07, 6.45) is 0. The summed E-state index contributed by atoms with van der Waals surface area (Å²) in [5, 5.41) is 10.9. The average molecular weight is 293 g/mol. The molecule has 0 spiro atoms. The van der Waals surface area contributed by atoms with E-state index in [-0.39, 0.29) is 22.9 Å². The van der Waals surface area contributed by atoms with Crippen LogP contribution in [0.3, 0.4) is 0 Å². The van der Waals surface area contributed by atoms with Crippen molar-refractivity contribution in [2.45, 2.75) is 0 Å². The van der Waals surface area contributed by atoms with Gasteiger partial charge in [0.15, 0.2) is 11.5 Å². The molecule has 0 bridgehead atoms. The van der Waals surface area contributed by atoms with Crippen molar-refractivity contribution in [2.24, 2.45) is 0 Å². The fourth-order valence-electron chi connectivity index (χ4n) is 1.71. The van der Waals surface area contributed by atoms with Gasteiger partial charge in [0, 0.05) is 6.07 Å². The first-order valence-corrected chi connectivity index (χ1v) is 5.89. The van der Waals surface area contributed by atoms with Crippen LogP contribution in [0.25, 0.3) is 0 Å². The molecule has 0 unspecified atom stereocenters. The summed E-state index contributed by atoms with van der Waals surface area (Å²) >= 11 is 0. The molecule has 0 heterocycles. The van der Waals surface area contributed by atoms with Crippen molar-refractivity contribution < 1.29 is 23.5 Å². The number of ether oxygens (including phenoxy) is 3. The lowest BCUT2D eigenvalue weighted by atomic mass is 10.2. The third kappa shape index (κ3) is 3.19. The minimum absolute atomic E-state index is 0.0397. The maximum Gasteiger partial charge on any atom is 0.314 e. The Morgan fingerprint density at radius 3 is 2.14 bits per heavy atom. The van der Waals surface area contributed by atoms with Crippen molar-refractivity contribution in [3.63, 3.8) is 0 Å². The number of benzene rings is 2. The van der Waals surface area contributed by atoms with Crippen LogP contribution >= 0.6 is 0 Å². The molecule has 0 fully saturated rings. The zero-order chi connectivity index (χ0) is 15.4. The summed E-state index contributed by atoms with van der Waals surface area (Å²) < 4.78 is 28.4. The predicted molar refractivity (Wildman–Crippen MR) is 72.7 cm³/mol. The molecule has 0 saturated heterocycles. The lowest BCUT2D eigenvalue weighted by molar-refractivity contribution is -0.385. The Balaban J connectivity index is 2.42. The SMILES string of the molecule is COc1cc([N+](=O)[O-])c(OC)cc1Oc1ccc(F)cc1. The Bertz CT molecular complexity index is 657. The molecule has 0 saturated carbocycles. The number of halogens is 1. The summed E-state index contributed by atoms with van der Waals surface area (Å²) in [5.41, 5.74) is -0.235. The first kappa shape index (κ1) is 14.6. The highest BCUT2D eigenvalue weighted by atomic mass is 19.1. The molecule has 2 aromatic rings. The molecule has 0 amide bonds. The van der Waals surface area contributed by atoms with Crippen LogP contribution in [0.1, 0.15) is 0 Å². The Morgan fingerprint density at radius 2 is 1.62 bits per heavy atom. The summed E-state index contributed by atoms with van der Waals surface area (Å²) in [6.45, 7) is 0. The van der Waals surface area contributed by atoms with Gasteiger partial charge in [-0.3, -0.25) is 10.1 Å². The predicted octanol–water partition coefficient (Wildman–Crippen LogP) is 3.54. The summed E-state index contributed by atoms with van der Waals surface area (Å²) in [7, 11) is 2.68. The van der Waals surface area contributed by atoms with Gasteiger partial charge in [-0.2, -0.15) is 0 Å². The van der Waals surface area contributed by atoms with Gasteiger partial charge in [-0.1, -0.05) is 0 Å². The Morgan fingerprint density at radius 1 is 1.00 bits per heavy atom. The second-order valence-corrected chi connectivity index (χ2v) is 3.99. The third-order valence-electron chi connectivity index (χ3n) is 2.70. The maximum atomic E-state index is 12.9. The van der Waals surface area contributed by atoms with E-state index < -0.39 is 10.7 Å². The lowest BCUT2D eigenvalue weighted by Crippen LogP contribution is -1.97. The molecule has 0 atom stereocenters. The van der Waals surface area contributed by atoms with Crippen LogP contribution in [0.15, 0.2) is 36.4 Å². The van der Waals surface area contributed by atoms with Gasteiger partial charge in [-0.15, -0.1) is 0 Å². The quantitative estimate of drug-likeness (QED) is 0.623. The minimum atomic E-state index is -0.580. The molecule has 7 heteroatoms. The van der Waals surface area contributed by atoms with Gasteiger partial charge in [0.2, 0.25) is 5.75 Å². The van der Waals surface area contributed by atoms with Crippen molar-refractivity contribution in [3.05, 3.63) is 52.3 Å². The first-order chi connectivity index (χ1) is 10.0. The number of nitro benzene ring substituents is 1. The van der Waals surface area contributed by atoms with E-state index >= 15 is 0 Å². The smallest absolute Gasteiger partial charge is 0.314 e. The highest BCUT2D eigenvalue weighted by molar-refractivity contribution is 5.58. The van der Waals surface area contributed by atoms with Gasteiger partial charge in [-0.25, -0.2) is 4.39 Å². The highest BCUT2D eigenvalue weighted by Crippen LogP contribution is 2.40. The van der Waals surface area contributed by atoms with Crippen molar-refractivity contribution in [1.29, 1.82) is 0 Å². The fraction of sp³-hybridized carbons (Fsp3) is 0.143. The maximum absolute atomic E-state index is 12.9. The minimum Gasteiger partial charge on any atom is -0.493 e. The highest BCUT2D eigenvalue weighted by Gasteiger charge is 2.20. The topological polar surface area (TPSA) is 70.8 Å². The van der Waals surface area contributed by atoms with Gasteiger partial charge >= 0.3 is 5.69 Å².